The third-order valence-electron chi connectivity index (χ3n) is 2.82. The second-order valence-electron chi connectivity index (χ2n) is 5.66. The maximum absolute atomic E-state index is 12.4. The van der Waals surface area contributed by atoms with Crippen LogP contribution >= 0.6 is 11.6 Å². The van der Waals surface area contributed by atoms with Crippen molar-refractivity contribution in [1.29, 1.82) is 0 Å². The molecule has 21 heavy (non-hydrogen) atoms. The predicted octanol–water partition coefficient (Wildman–Crippen LogP) is 2.82. The minimum Gasteiger partial charge on any atom is -0.805 e. The molecule has 0 aliphatic rings. The molecule has 0 radical (unpaired) electrons. The van der Waals surface area contributed by atoms with E-state index in [2.05, 4.69) is 0 Å². The number of carbonyl (C=O) groups excluding carboxylic acids is 1. The molecular weight excluding hydrogens is 296 g/mol. The normalized spacial score (nSPS) is 11.7. The van der Waals surface area contributed by atoms with Gasteiger partial charge >= 0.3 is 11.7 Å². The molecular formula is C14H15ClN2O4. The zero-order valence-corrected chi connectivity index (χ0v) is 12.9. The largest absolute Gasteiger partial charge is 0.805 e. The zero-order valence-electron chi connectivity index (χ0n) is 12.1. The summed E-state index contributed by atoms with van der Waals surface area (Å²) in [4.78, 5) is 24.5. The van der Waals surface area contributed by atoms with Crippen LogP contribution in [0, 0.1) is 17.0 Å². The number of nitrogens with zero attached hydrogens (tertiary/aromatic N) is 2. The van der Waals surface area contributed by atoms with Crippen LogP contribution in [0.1, 0.15) is 37.0 Å². The Labute approximate surface area is 126 Å². The van der Waals surface area contributed by atoms with Crippen molar-refractivity contribution in [3.63, 3.8) is 0 Å². The van der Waals surface area contributed by atoms with E-state index in [1.807, 2.05) is 0 Å². The van der Waals surface area contributed by atoms with Crippen molar-refractivity contribution in [1.82, 2.24) is 4.73 Å². The summed E-state index contributed by atoms with van der Waals surface area (Å²) in [6.45, 7) is 6.43. The smallest absolute Gasteiger partial charge is 0.411 e. The highest BCUT2D eigenvalue weighted by Crippen LogP contribution is 2.20. The van der Waals surface area contributed by atoms with Crippen LogP contribution in [-0.2, 0) is 4.74 Å². The molecule has 1 heterocycles. The van der Waals surface area contributed by atoms with E-state index in [1.54, 1.807) is 20.8 Å². The van der Waals surface area contributed by atoms with Crippen LogP contribution in [0.5, 0.6) is 0 Å². The fraction of sp³-hybridized carbons (Fsp3) is 0.357. The molecule has 0 saturated carbocycles. The summed E-state index contributed by atoms with van der Waals surface area (Å²) in [6, 6.07) is 4.28. The molecule has 0 aliphatic carbocycles. The maximum atomic E-state index is 12.4. The Bertz CT molecular complexity index is 790. The minimum absolute atomic E-state index is 0.0176. The van der Waals surface area contributed by atoms with Gasteiger partial charge in [-0.1, -0.05) is 11.6 Å². The summed E-state index contributed by atoms with van der Waals surface area (Å²) in [7, 11) is 0. The molecule has 0 unspecified atom stereocenters. The number of halogens is 1. The standard InChI is InChI=1S/C14H15ClN2O4/c1-8-12(13(18)21-14(2,3)4)17(20)11-7-9(15)5-6-10(11)16(8)19/h5-7H,1-4H3. The van der Waals surface area contributed by atoms with E-state index in [4.69, 9.17) is 16.3 Å². The first-order valence-electron chi connectivity index (χ1n) is 6.30. The Balaban J connectivity index is 2.76. The summed E-state index contributed by atoms with van der Waals surface area (Å²) in [5.74, 6) is -0.846. The van der Waals surface area contributed by atoms with Crippen LogP contribution < -0.4 is 4.43 Å². The first-order valence-corrected chi connectivity index (χ1v) is 6.68. The van der Waals surface area contributed by atoms with E-state index in [0.717, 1.165) is 0 Å². The van der Waals surface area contributed by atoms with Gasteiger partial charge in [-0.05, 0) is 39.8 Å². The van der Waals surface area contributed by atoms with Gasteiger partial charge in [0, 0.05) is 16.0 Å². The summed E-state index contributed by atoms with van der Waals surface area (Å²) < 4.78 is 6.09. The van der Waals surface area contributed by atoms with Crippen LogP contribution in [0.2, 0.25) is 5.02 Å². The third kappa shape index (κ3) is 2.85. The molecule has 0 aliphatic heterocycles. The van der Waals surface area contributed by atoms with E-state index in [-0.39, 0.29) is 22.4 Å². The van der Waals surface area contributed by atoms with Crippen molar-refractivity contribution in [2.24, 2.45) is 0 Å². The first kappa shape index (κ1) is 15.3. The molecule has 0 fully saturated rings. The third-order valence-corrected chi connectivity index (χ3v) is 3.05. The summed E-state index contributed by atoms with van der Waals surface area (Å²) in [6.07, 6.45) is 0. The molecule has 0 saturated heterocycles. The number of ether oxygens (including phenoxy) is 1. The number of aromatic nitrogens is 2. The quantitative estimate of drug-likeness (QED) is 0.599. The monoisotopic (exact) mass is 310 g/mol. The second kappa shape index (κ2) is 5.04. The van der Waals surface area contributed by atoms with Crippen molar-refractivity contribution < 1.29 is 14.0 Å². The van der Waals surface area contributed by atoms with Crippen molar-refractivity contribution in [3.05, 3.63) is 44.7 Å². The number of carbonyl (C=O) groups is 1. The highest BCUT2D eigenvalue weighted by molar-refractivity contribution is 6.31. The fourth-order valence-corrected chi connectivity index (χ4v) is 2.10. The van der Waals surface area contributed by atoms with Gasteiger partial charge in [0.15, 0.2) is 0 Å². The lowest BCUT2D eigenvalue weighted by Crippen LogP contribution is -2.34. The molecule has 0 amide bonds. The molecule has 0 bridgehead atoms. The van der Waals surface area contributed by atoms with Gasteiger partial charge in [-0.15, -0.1) is 0 Å². The highest BCUT2D eigenvalue weighted by Gasteiger charge is 2.31. The van der Waals surface area contributed by atoms with Gasteiger partial charge in [0.05, 0.1) is 10.1 Å². The average Bonchev–Trinajstić information content (AvgIpc) is 2.34. The van der Waals surface area contributed by atoms with Crippen LogP contribution in [0.15, 0.2) is 18.2 Å². The lowest BCUT2D eigenvalue weighted by molar-refractivity contribution is -0.469. The van der Waals surface area contributed by atoms with Crippen molar-refractivity contribution in [2.45, 2.75) is 33.3 Å². The Morgan fingerprint density at radius 3 is 2.57 bits per heavy atom. The van der Waals surface area contributed by atoms with E-state index < -0.39 is 11.6 Å². The van der Waals surface area contributed by atoms with Crippen LogP contribution in [0.25, 0.3) is 11.0 Å². The van der Waals surface area contributed by atoms with Gasteiger partial charge in [0.2, 0.25) is 0 Å². The first-order chi connectivity index (χ1) is 9.61. The Hall–Kier alpha value is -2.08. The average molecular weight is 311 g/mol. The number of fused-ring (bicyclic) bond motifs is 1. The number of hydrogen-bond acceptors (Lipinski definition) is 4. The number of esters is 1. The number of benzene rings is 1. The number of rotatable bonds is 1. The van der Waals surface area contributed by atoms with Gasteiger partial charge in [0.1, 0.15) is 11.1 Å². The second-order valence-corrected chi connectivity index (χ2v) is 6.09. The Kier molecular flexibility index (Phi) is 3.67. The molecule has 7 heteroatoms. The fourth-order valence-electron chi connectivity index (χ4n) is 1.93. The van der Waals surface area contributed by atoms with Gasteiger partial charge in [-0.2, -0.15) is 0 Å². The van der Waals surface area contributed by atoms with E-state index in [0.29, 0.717) is 14.2 Å². The van der Waals surface area contributed by atoms with Crippen molar-refractivity contribution >= 4 is 28.6 Å². The van der Waals surface area contributed by atoms with E-state index in [9.17, 15) is 14.9 Å². The van der Waals surface area contributed by atoms with E-state index in [1.165, 1.54) is 25.1 Å². The molecule has 0 spiro atoms. The predicted molar refractivity (Wildman–Crippen MR) is 79.0 cm³/mol. The van der Waals surface area contributed by atoms with Gasteiger partial charge < -0.3 is 14.7 Å². The molecule has 112 valence electrons. The maximum Gasteiger partial charge on any atom is 0.411 e. The minimum atomic E-state index is -0.846. The molecule has 0 atom stereocenters. The molecule has 2 rings (SSSR count). The topological polar surface area (TPSA) is 77.3 Å². The molecule has 1 aromatic heterocycles. The van der Waals surface area contributed by atoms with Crippen molar-refractivity contribution in [3.8, 4) is 0 Å². The molecule has 2 aromatic rings. The van der Waals surface area contributed by atoms with E-state index >= 15 is 0 Å². The zero-order chi connectivity index (χ0) is 15.9. The Morgan fingerprint density at radius 2 is 2.00 bits per heavy atom. The van der Waals surface area contributed by atoms with Crippen LogP contribution in [-0.4, -0.2) is 16.3 Å². The Morgan fingerprint density at radius 1 is 1.38 bits per heavy atom. The summed E-state index contributed by atoms with van der Waals surface area (Å²) in [5.41, 5.74) is -0.972. The summed E-state index contributed by atoms with van der Waals surface area (Å²) >= 11 is 5.84. The van der Waals surface area contributed by atoms with Gasteiger partial charge in [-0.25, -0.2) is 4.79 Å². The SMILES string of the molecule is Cc1c(C(=O)OC(C)(C)C)[n+](=O)c2cc(Cl)ccc2n1[O-]. The van der Waals surface area contributed by atoms with Crippen LogP contribution in [0.4, 0.5) is 0 Å². The molecule has 1 aromatic carbocycles. The lowest BCUT2D eigenvalue weighted by Gasteiger charge is -2.20. The molecule has 0 N–H and O–H groups in total. The summed E-state index contributed by atoms with van der Waals surface area (Å²) in [5, 5.41) is 12.5. The lowest BCUT2D eigenvalue weighted by atomic mass is 10.2. The highest BCUT2D eigenvalue weighted by atomic mass is 35.5. The van der Waals surface area contributed by atoms with Crippen molar-refractivity contribution in [2.75, 3.05) is 0 Å². The van der Waals surface area contributed by atoms with Gasteiger partial charge in [-0.3, -0.25) is 0 Å². The van der Waals surface area contributed by atoms with Gasteiger partial charge in [0.25, 0.3) is 5.52 Å². The number of hydrogen-bond donors (Lipinski definition) is 0. The molecule has 6 nitrogen and oxygen atoms in total. The van der Waals surface area contributed by atoms with Crippen LogP contribution in [0.3, 0.4) is 0 Å².